The van der Waals surface area contributed by atoms with Gasteiger partial charge in [0.2, 0.25) is 0 Å². The highest BCUT2D eigenvalue weighted by atomic mass is 79.9. The Balaban J connectivity index is 3.40. The van der Waals surface area contributed by atoms with Crippen molar-refractivity contribution in [3.63, 3.8) is 0 Å². The van der Waals surface area contributed by atoms with Crippen molar-refractivity contribution in [1.29, 1.82) is 0 Å². The van der Waals surface area contributed by atoms with Gasteiger partial charge in [-0.25, -0.2) is 0 Å². The van der Waals surface area contributed by atoms with Gasteiger partial charge in [0.25, 0.3) is 0 Å². The fraction of sp³-hybridized carbons (Fsp3) is 1.00. The van der Waals surface area contributed by atoms with E-state index in [9.17, 15) is 0 Å². The molecule has 1 saturated heterocycles. The Kier molecular flexibility index (Phi) is 11.4. The van der Waals surface area contributed by atoms with Gasteiger partial charge in [0.1, 0.15) is 24.4 Å². The van der Waals surface area contributed by atoms with Crippen LogP contribution in [0.3, 0.4) is 0 Å². The van der Waals surface area contributed by atoms with Crippen LogP contribution in [0.1, 0.15) is 0 Å². The van der Waals surface area contributed by atoms with E-state index in [1.807, 2.05) is 0 Å². The minimum Gasteiger partial charge on any atom is -0.415 e. The van der Waals surface area contributed by atoms with E-state index in [-0.39, 0.29) is 24.4 Å². The third-order valence-electron chi connectivity index (χ3n) is 4.10. The molecule has 0 aromatic rings. The molecule has 31 heavy (non-hydrogen) atoms. The summed E-state index contributed by atoms with van der Waals surface area (Å²) < 4.78 is 39.1. The van der Waals surface area contributed by atoms with Crippen molar-refractivity contribution in [3.8, 4) is 0 Å². The Morgan fingerprint density at radius 1 is 0.645 bits per heavy atom. The second kappa shape index (κ2) is 11.7. The Labute approximate surface area is 203 Å². The normalized spacial score (nSPS) is 28.7. The van der Waals surface area contributed by atoms with Gasteiger partial charge in [-0.2, -0.15) is 0 Å². The first-order valence-electron chi connectivity index (χ1n) is 11.3. The van der Waals surface area contributed by atoms with Crippen molar-refractivity contribution in [2.45, 2.75) is 109 Å². The first-order chi connectivity index (χ1) is 13.8. The molecule has 0 aromatic carbocycles. The third-order valence-corrected chi connectivity index (χ3v) is 8.39. The average molecular weight is 576 g/mol. The Morgan fingerprint density at radius 2 is 1.10 bits per heavy atom. The number of alkyl halides is 1. The molecule has 11 heteroatoms. The number of hydrogen-bond acceptors (Lipinski definition) is 6. The van der Waals surface area contributed by atoms with E-state index >= 15 is 0 Å². The number of ether oxygens (including phenoxy) is 2. The van der Waals surface area contributed by atoms with Crippen LogP contribution in [0.4, 0.5) is 0 Å². The quantitative estimate of drug-likeness (QED) is 0.222. The third kappa shape index (κ3) is 12.4. The number of halogens is 1. The van der Waals surface area contributed by atoms with Gasteiger partial charge in [-0.15, -0.1) is 0 Å². The van der Waals surface area contributed by atoms with Crippen LogP contribution in [0.25, 0.3) is 0 Å². The zero-order valence-electron chi connectivity index (χ0n) is 21.8. The minimum absolute atomic E-state index is 0.250. The summed E-state index contributed by atoms with van der Waals surface area (Å²) >= 11 is 3.47. The number of hydrogen-bond donors (Lipinski definition) is 0. The van der Waals surface area contributed by atoms with Gasteiger partial charge in [-0.1, -0.05) is 15.9 Å². The van der Waals surface area contributed by atoms with E-state index in [0.29, 0.717) is 13.2 Å². The van der Waals surface area contributed by atoms with Gasteiger partial charge in [0.05, 0.1) is 13.2 Å². The SMILES string of the molecule is C[Si](C)(C)OCC1O[C@H](OCCBr)C(O[Si](C)(C)C)[C@@H](O[Si](C)(C)C)[C@@H]1O[Si](C)(C)C. The summed E-state index contributed by atoms with van der Waals surface area (Å²) in [6, 6.07) is 0. The van der Waals surface area contributed by atoms with Crippen LogP contribution in [0, 0.1) is 0 Å². The molecule has 5 atom stereocenters. The molecule has 2 unspecified atom stereocenters. The van der Waals surface area contributed by atoms with Crippen molar-refractivity contribution in [1.82, 2.24) is 0 Å². The average Bonchev–Trinajstić information content (AvgIpc) is 2.51. The molecule has 0 radical (unpaired) electrons. The Bertz CT molecular complexity index is 542. The van der Waals surface area contributed by atoms with Gasteiger partial charge in [-0.05, 0) is 78.6 Å². The number of rotatable bonds is 12. The molecule has 0 aliphatic carbocycles. The summed E-state index contributed by atoms with van der Waals surface area (Å²) in [4.78, 5) is 0. The highest BCUT2D eigenvalue weighted by Gasteiger charge is 2.52. The molecule has 0 amide bonds. The lowest BCUT2D eigenvalue weighted by Gasteiger charge is -2.50. The van der Waals surface area contributed by atoms with Crippen LogP contribution >= 0.6 is 15.9 Å². The van der Waals surface area contributed by atoms with Crippen LogP contribution in [0.5, 0.6) is 0 Å². The lowest BCUT2D eigenvalue weighted by molar-refractivity contribution is -0.289. The topological polar surface area (TPSA) is 55.4 Å². The maximum absolute atomic E-state index is 6.79. The summed E-state index contributed by atoms with van der Waals surface area (Å²) in [5, 5.41) is 0.733. The summed E-state index contributed by atoms with van der Waals surface area (Å²) in [5.41, 5.74) is 0. The van der Waals surface area contributed by atoms with Crippen LogP contribution in [0.15, 0.2) is 0 Å². The van der Waals surface area contributed by atoms with Crippen LogP contribution in [-0.2, 0) is 27.2 Å². The standard InChI is InChI=1S/C20H47BrO6Si4/c1-28(2,3)23-15-16-17(25-29(4,5)6)18(26-30(7,8)9)19(27-31(10,11)12)20(24-16)22-14-13-21/h16-20H,13-15H2,1-12H3/t16?,17-,18+,19?,20+/m1/s1. The van der Waals surface area contributed by atoms with Gasteiger partial charge in [0.15, 0.2) is 39.6 Å². The lowest BCUT2D eigenvalue weighted by atomic mass is 9.99. The highest BCUT2D eigenvalue weighted by Crippen LogP contribution is 2.34. The molecule has 0 bridgehead atoms. The van der Waals surface area contributed by atoms with Crippen molar-refractivity contribution >= 4 is 49.2 Å². The predicted molar refractivity (Wildman–Crippen MR) is 142 cm³/mol. The van der Waals surface area contributed by atoms with Gasteiger partial charge in [0, 0.05) is 5.33 Å². The van der Waals surface area contributed by atoms with E-state index in [0.717, 1.165) is 5.33 Å². The van der Waals surface area contributed by atoms with Gasteiger partial charge >= 0.3 is 0 Å². The molecule has 1 heterocycles. The van der Waals surface area contributed by atoms with Gasteiger partial charge < -0.3 is 27.2 Å². The van der Waals surface area contributed by atoms with E-state index < -0.39 is 39.6 Å². The molecule has 0 N–H and O–H groups in total. The van der Waals surface area contributed by atoms with E-state index in [1.54, 1.807) is 0 Å². The minimum atomic E-state index is -1.91. The molecule has 1 fully saturated rings. The summed E-state index contributed by atoms with van der Waals surface area (Å²) in [6.07, 6.45) is -1.61. The van der Waals surface area contributed by atoms with E-state index in [4.69, 9.17) is 27.2 Å². The Hall–Kier alpha value is 1.11. The summed E-state index contributed by atoms with van der Waals surface area (Å²) in [5.74, 6) is 0. The smallest absolute Gasteiger partial charge is 0.185 e. The van der Waals surface area contributed by atoms with E-state index in [1.165, 1.54) is 0 Å². The first kappa shape index (κ1) is 30.1. The molecular weight excluding hydrogens is 528 g/mol. The first-order valence-corrected chi connectivity index (χ1v) is 26.1. The van der Waals surface area contributed by atoms with Crippen molar-refractivity contribution in [2.24, 2.45) is 0 Å². The predicted octanol–water partition coefficient (Wildman–Crippen LogP) is 5.63. The molecular formula is C20H47BrO6Si4. The highest BCUT2D eigenvalue weighted by molar-refractivity contribution is 9.09. The maximum Gasteiger partial charge on any atom is 0.185 e. The molecule has 0 aromatic heterocycles. The molecule has 6 nitrogen and oxygen atoms in total. The zero-order valence-corrected chi connectivity index (χ0v) is 27.4. The van der Waals surface area contributed by atoms with Crippen molar-refractivity contribution in [2.75, 3.05) is 18.5 Å². The fourth-order valence-corrected chi connectivity index (χ4v) is 7.37. The largest absolute Gasteiger partial charge is 0.415 e. The molecule has 0 spiro atoms. The monoisotopic (exact) mass is 574 g/mol. The Morgan fingerprint density at radius 3 is 1.52 bits per heavy atom. The van der Waals surface area contributed by atoms with Crippen LogP contribution in [0.2, 0.25) is 78.6 Å². The van der Waals surface area contributed by atoms with Crippen LogP contribution in [-0.4, -0.2) is 82.5 Å². The van der Waals surface area contributed by atoms with Crippen LogP contribution < -0.4 is 0 Å². The molecule has 1 rings (SSSR count). The summed E-state index contributed by atoms with van der Waals surface area (Å²) in [7, 11) is -7.44. The second-order valence-electron chi connectivity index (χ2n) is 12.1. The fourth-order valence-electron chi connectivity index (χ4n) is 3.27. The molecule has 1 aliphatic rings. The maximum atomic E-state index is 6.79. The molecule has 186 valence electrons. The van der Waals surface area contributed by atoms with Crippen molar-refractivity contribution < 1.29 is 27.2 Å². The van der Waals surface area contributed by atoms with Gasteiger partial charge in [-0.3, -0.25) is 0 Å². The molecule has 0 saturated carbocycles. The van der Waals surface area contributed by atoms with E-state index in [2.05, 4.69) is 94.5 Å². The zero-order chi connectivity index (χ0) is 24.3. The van der Waals surface area contributed by atoms with Crippen molar-refractivity contribution in [3.05, 3.63) is 0 Å². The molecule has 1 aliphatic heterocycles. The lowest BCUT2D eigenvalue weighted by Crippen LogP contribution is -2.66. The summed E-state index contributed by atoms with van der Waals surface area (Å²) in [6.45, 7) is 27.4. The second-order valence-corrected chi connectivity index (χ2v) is 30.8.